The number of nitrogens with one attached hydrogen (secondary N) is 3. The van der Waals surface area contributed by atoms with Crippen LogP contribution >= 0.6 is 11.3 Å². The SMILES string of the molecule is CC(=O)NC1(c2noc(CCC(=O)NCCNc3nc4ccccc4s3)n2)CCCCCC1. The van der Waals surface area contributed by atoms with E-state index in [0.29, 0.717) is 31.2 Å². The average Bonchev–Trinajstić information content (AvgIpc) is 3.38. The number of fused-ring (bicyclic) bond motifs is 1. The molecule has 3 aromatic rings. The van der Waals surface area contributed by atoms with Crippen LogP contribution in [0.4, 0.5) is 5.13 Å². The fourth-order valence-electron chi connectivity index (χ4n) is 4.25. The van der Waals surface area contributed by atoms with E-state index in [0.717, 1.165) is 53.9 Å². The highest BCUT2D eigenvalue weighted by Crippen LogP contribution is 2.34. The molecular weight excluding hydrogens is 440 g/mol. The van der Waals surface area contributed by atoms with Crippen molar-refractivity contribution in [3.63, 3.8) is 0 Å². The second-order valence-electron chi connectivity index (χ2n) is 8.45. The van der Waals surface area contributed by atoms with Crippen LogP contribution in [0.3, 0.4) is 0 Å². The van der Waals surface area contributed by atoms with Gasteiger partial charge in [0.25, 0.3) is 0 Å². The maximum Gasteiger partial charge on any atom is 0.227 e. The first-order valence-electron chi connectivity index (χ1n) is 11.5. The summed E-state index contributed by atoms with van der Waals surface area (Å²) in [6.07, 6.45) is 6.52. The van der Waals surface area contributed by atoms with Gasteiger partial charge in [0.15, 0.2) is 11.0 Å². The maximum atomic E-state index is 12.2. The molecule has 33 heavy (non-hydrogen) atoms. The van der Waals surface area contributed by atoms with Crippen LogP contribution in [-0.4, -0.2) is 40.0 Å². The molecule has 2 heterocycles. The summed E-state index contributed by atoms with van der Waals surface area (Å²) in [5.74, 6) is 0.769. The van der Waals surface area contributed by atoms with E-state index in [9.17, 15) is 9.59 Å². The lowest BCUT2D eigenvalue weighted by atomic mass is 9.89. The van der Waals surface area contributed by atoms with Gasteiger partial charge in [0.2, 0.25) is 17.7 Å². The standard InChI is InChI=1S/C23H30N6O3S/c1-16(30)28-23(12-6-2-3-7-13-23)21-27-20(32-29-21)11-10-19(31)24-14-15-25-22-26-17-8-4-5-9-18(17)33-22/h4-5,8-9H,2-3,6-7,10-15H2,1H3,(H,24,31)(H,25,26)(H,28,30). The van der Waals surface area contributed by atoms with Crippen LogP contribution in [0.5, 0.6) is 0 Å². The summed E-state index contributed by atoms with van der Waals surface area (Å²) >= 11 is 1.59. The van der Waals surface area contributed by atoms with Gasteiger partial charge in [0.1, 0.15) is 5.54 Å². The predicted octanol–water partition coefficient (Wildman–Crippen LogP) is 3.53. The summed E-state index contributed by atoms with van der Waals surface area (Å²) in [5.41, 5.74) is 0.399. The Morgan fingerprint density at radius 1 is 1.09 bits per heavy atom. The summed E-state index contributed by atoms with van der Waals surface area (Å²) in [6, 6.07) is 7.98. The zero-order valence-electron chi connectivity index (χ0n) is 18.9. The second-order valence-corrected chi connectivity index (χ2v) is 9.48. The molecule has 3 N–H and O–H groups in total. The zero-order chi connectivity index (χ0) is 23.1. The third kappa shape index (κ3) is 6.07. The molecule has 9 nitrogen and oxygen atoms in total. The Kier molecular flexibility index (Phi) is 7.54. The molecule has 1 fully saturated rings. The Labute approximate surface area is 196 Å². The molecule has 2 aromatic heterocycles. The van der Waals surface area contributed by atoms with Crippen molar-refractivity contribution in [2.75, 3.05) is 18.4 Å². The van der Waals surface area contributed by atoms with Crippen molar-refractivity contribution in [1.82, 2.24) is 25.8 Å². The first kappa shape index (κ1) is 23.2. The quantitative estimate of drug-likeness (QED) is 0.323. The fraction of sp³-hybridized carbons (Fsp3) is 0.522. The number of para-hydroxylation sites is 1. The molecule has 10 heteroatoms. The van der Waals surface area contributed by atoms with Gasteiger partial charge in [-0.15, -0.1) is 0 Å². The normalized spacial score (nSPS) is 15.7. The number of carbonyl (C=O) groups excluding carboxylic acids is 2. The highest BCUT2D eigenvalue weighted by molar-refractivity contribution is 7.22. The van der Waals surface area contributed by atoms with Crippen molar-refractivity contribution in [3.05, 3.63) is 36.0 Å². The van der Waals surface area contributed by atoms with Crippen molar-refractivity contribution in [1.29, 1.82) is 0 Å². The molecule has 176 valence electrons. The van der Waals surface area contributed by atoms with Gasteiger partial charge in [-0.2, -0.15) is 4.98 Å². The number of rotatable bonds is 9. The van der Waals surface area contributed by atoms with E-state index in [1.807, 2.05) is 24.3 Å². The largest absolute Gasteiger partial charge is 0.360 e. The number of carbonyl (C=O) groups is 2. The van der Waals surface area contributed by atoms with E-state index in [2.05, 4.69) is 31.1 Å². The Hall–Kier alpha value is -3.01. The minimum Gasteiger partial charge on any atom is -0.360 e. The summed E-state index contributed by atoms with van der Waals surface area (Å²) in [5, 5.41) is 14.2. The van der Waals surface area contributed by atoms with Gasteiger partial charge in [-0.25, -0.2) is 4.98 Å². The molecule has 4 rings (SSSR count). The minimum absolute atomic E-state index is 0.0770. The van der Waals surface area contributed by atoms with Crippen LogP contribution in [-0.2, 0) is 21.5 Å². The number of nitrogens with zero attached hydrogens (tertiary/aromatic N) is 3. The number of aryl methyl sites for hydroxylation is 1. The Morgan fingerprint density at radius 3 is 2.64 bits per heavy atom. The molecular formula is C23H30N6O3S. The summed E-state index contributed by atoms with van der Waals surface area (Å²) < 4.78 is 6.55. The number of hydrogen-bond acceptors (Lipinski definition) is 8. The van der Waals surface area contributed by atoms with Crippen LogP contribution in [0.2, 0.25) is 0 Å². The highest BCUT2D eigenvalue weighted by atomic mass is 32.1. The topological polar surface area (TPSA) is 122 Å². The van der Waals surface area contributed by atoms with Gasteiger partial charge >= 0.3 is 0 Å². The number of thiazole rings is 1. The van der Waals surface area contributed by atoms with Crippen molar-refractivity contribution < 1.29 is 14.1 Å². The van der Waals surface area contributed by atoms with E-state index in [1.54, 1.807) is 11.3 Å². The van der Waals surface area contributed by atoms with E-state index < -0.39 is 5.54 Å². The van der Waals surface area contributed by atoms with Crippen molar-refractivity contribution in [2.45, 2.75) is 63.8 Å². The van der Waals surface area contributed by atoms with Crippen LogP contribution < -0.4 is 16.0 Å². The molecule has 0 aliphatic heterocycles. The van der Waals surface area contributed by atoms with Gasteiger partial charge in [0, 0.05) is 32.9 Å². The lowest BCUT2D eigenvalue weighted by Gasteiger charge is -2.30. The van der Waals surface area contributed by atoms with Crippen LogP contribution in [0.25, 0.3) is 10.2 Å². The number of aromatic nitrogens is 3. The van der Waals surface area contributed by atoms with Crippen molar-refractivity contribution in [3.8, 4) is 0 Å². The van der Waals surface area contributed by atoms with Crippen LogP contribution in [0.1, 0.15) is 63.6 Å². The molecule has 0 radical (unpaired) electrons. The van der Waals surface area contributed by atoms with E-state index in [1.165, 1.54) is 6.92 Å². The van der Waals surface area contributed by atoms with E-state index in [-0.39, 0.29) is 18.2 Å². The van der Waals surface area contributed by atoms with Crippen LogP contribution in [0.15, 0.2) is 28.8 Å². The Bertz CT molecular complexity index is 1050. The first-order valence-corrected chi connectivity index (χ1v) is 12.3. The molecule has 1 aromatic carbocycles. The molecule has 1 aliphatic carbocycles. The second kappa shape index (κ2) is 10.7. The lowest BCUT2D eigenvalue weighted by Crippen LogP contribution is -2.45. The Balaban J connectivity index is 1.23. The maximum absolute atomic E-state index is 12.2. The smallest absolute Gasteiger partial charge is 0.227 e. The summed E-state index contributed by atoms with van der Waals surface area (Å²) in [6.45, 7) is 2.61. The highest BCUT2D eigenvalue weighted by Gasteiger charge is 2.38. The Morgan fingerprint density at radius 2 is 1.88 bits per heavy atom. The fourth-order valence-corrected chi connectivity index (χ4v) is 5.14. The molecule has 1 aliphatic rings. The number of benzene rings is 1. The molecule has 1 saturated carbocycles. The third-order valence-corrected chi connectivity index (χ3v) is 6.85. The number of anilines is 1. The van der Waals surface area contributed by atoms with Gasteiger partial charge < -0.3 is 20.5 Å². The number of hydrogen-bond donors (Lipinski definition) is 3. The van der Waals surface area contributed by atoms with Gasteiger partial charge in [-0.05, 0) is 25.0 Å². The van der Waals surface area contributed by atoms with Crippen LogP contribution in [0, 0.1) is 0 Å². The monoisotopic (exact) mass is 470 g/mol. The van der Waals surface area contributed by atoms with Crippen molar-refractivity contribution >= 4 is 38.5 Å². The average molecular weight is 471 g/mol. The first-order chi connectivity index (χ1) is 16.0. The lowest BCUT2D eigenvalue weighted by molar-refractivity contribution is -0.122. The van der Waals surface area contributed by atoms with Gasteiger partial charge in [-0.1, -0.05) is 54.3 Å². The minimum atomic E-state index is -0.571. The molecule has 0 spiro atoms. The van der Waals surface area contributed by atoms with E-state index in [4.69, 9.17) is 4.52 Å². The number of amides is 2. The van der Waals surface area contributed by atoms with Crippen molar-refractivity contribution in [2.24, 2.45) is 0 Å². The van der Waals surface area contributed by atoms with E-state index >= 15 is 0 Å². The molecule has 0 atom stereocenters. The van der Waals surface area contributed by atoms with Gasteiger partial charge in [0.05, 0.1) is 10.2 Å². The predicted molar refractivity (Wildman–Crippen MR) is 127 cm³/mol. The summed E-state index contributed by atoms with van der Waals surface area (Å²) in [7, 11) is 0. The third-order valence-electron chi connectivity index (χ3n) is 5.85. The molecule has 2 amide bonds. The van der Waals surface area contributed by atoms with Gasteiger partial charge in [-0.3, -0.25) is 9.59 Å². The zero-order valence-corrected chi connectivity index (χ0v) is 19.7. The molecule has 0 unspecified atom stereocenters. The molecule has 0 saturated heterocycles. The molecule has 0 bridgehead atoms. The summed E-state index contributed by atoms with van der Waals surface area (Å²) in [4.78, 5) is 33.1.